The van der Waals surface area contributed by atoms with Gasteiger partial charge in [-0.25, -0.2) is 15.0 Å². The topological polar surface area (TPSA) is 53.5 Å². The third-order valence-electron chi connectivity index (χ3n) is 30.0. The molecule has 0 bridgehead atoms. The summed E-state index contributed by atoms with van der Waals surface area (Å²) in [5, 5.41) is 27.6. The van der Waals surface area contributed by atoms with Crippen molar-refractivity contribution in [3.05, 3.63) is 558 Å². The minimum absolute atomic E-state index is 0.936. The Morgan fingerprint density at radius 3 is 0.691 bits per heavy atom. The minimum atomic E-state index is 0.936. The molecule has 0 unspecified atom stereocenters. The van der Waals surface area contributed by atoms with Crippen molar-refractivity contribution in [1.29, 1.82) is 0 Å². The molecule has 0 saturated carbocycles. The summed E-state index contributed by atoms with van der Waals surface area (Å²) >= 11 is 0. The van der Waals surface area contributed by atoms with Gasteiger partial charge in [0.15, 0.2) is 0 Å². The van der Waals surface area contributed by atoms with Crippen LogP contribution >= 0.6 is 0 Å². The summed E-state index contributed by atoms with van der Waals surface area (Å²) in [6.07, 6.45) is 0. The Morgan fingerprint density at radius 1 is 0.121 bits per heavy atom. The fourth-order valence-corrected chi connectivity index (χ4v) is 23.1. The summed E-state index contributed by atoms with van der Waals surface area (Å²) in [6, 6.07) is 201. The third kappa shape index (κ3) is 15.5. The van der Waals surface area contributed by atoms with Crippen LogP contribution in [0.25, 0.3) is 281 Å². The summed E-state index contributed by atoms with van der Waals surface area (Å²) in [5.74, 6) is 0. The van der Waals surface area contributed by atoms with E-state index in [2.05, 4.69) is 572 Å². The number of hydrogen-bond donors (Lipinski definition) is 0. The molecule has 0 aliphatic carbocycles. The smallest absolute Gasteiger partial charge is 0.0721 e. The van der Waals surface area contributed by atoms with Gasteiger partial charge in [0.25, 0.3) is 0 Å². The molecule has 6 heterocycles. The average molecular weight is 1890 g/mol. The van der Waals surface area contributed by atoms with Gasteiger partial charge < -0.3 is 13.7 Å². The van der Waals surface area contributed by atoms with E-state index in [0.29, 0.717) is 0 Å². The molecule has 0 atom stereocenters. The van der Waals surface area contributed by atoms with Crippen LogP contribution in [0.1, 0.15) is 0 Å². The Labute approximate surface area is 861 Å². The molecule has 6 aromatic heterocycles. The van der Waals surface area contributed by atoms with E-state index in [1.165, 1.54) is 174 Å². The van der Waals surface area contributed by atoms with E-state index >= 15 is 0 Å². The van der Waals surface area contributed by atoms with Crippen molar-refractivity contribution in [2.75, 3.05) is 0 Å². The number of benzene rings is 24. The summed E-state index contributed by atoms with van der Waals surface area (Å²) < 4.78 is 7.41. The molecule has 149 heavy (non-hydrogen) atoms. The quantitative estimate of drug-likeness (QED) is 0.116. The van der Waals surface area contributed by atoms with Crippen molar-refractivity contribution >= 4 is 152 Å². The second-order valence-electron chi connectivity index (χ2n) is 38.7. The second kappa shape index (κ2) is 36.9. The van der Waals surface area contributed by atoms with Crippen LogP contribution in [-0.2, 0) is 0 Å². The number of hydrogen-bond acceptors (Lipinski definition) is 3. The highest BCUT2D eigenvalue weighted by Gasteiger charge is 2.27. The first-order chi connectivity index (χ1) is 73.9. The number of fused-ring (bicyclic) bond motifs is 23. The van der Waals surface area contributed by atoms with E-state index in [-0.39, 0.29) is 0 Å². The van der Waals surface area contributed by atoms with E-state index in [4.69, 9.17) is 15.0 Å². The van der Waals surface area contributed by atoms with Crippen LogP contribution in [0.2, 0.25) is 0 Å². The lowest BCUT2D eigenvalue weighted by Crippen LogP contribution is -1.98. The normalized spacial score (nSPS) is 11.6. The van der Waals surface area contributed by atoms with Gasteiger partial charge in [-0.2, -0.15) is 0 Å². The fraction of sp³-hybridized carbons (Fsp3) is 0. The number of aromatic nitrogens is 6. The summed E-state index contributed by atoms with van der Waals surface area (Å²) in [6.45, 7) is 0. The van der Waals surface area contributed by atoms with Crippen molar-refractivity contribution < 1.29 is 0 Å². The van der Waals surface area contributed by atoms with Gasteiger partial charge in [-0.1, -0.05) is 449 Å². The molecule has 0 saturated heterocycles. The standard InChI is InChI=1S/C49H32N2.2C47H30N2/c1-4-14-33(15-5-1)38-28-40(45-32-39(34-16-6-2-7-17-34)31-44(50-45)37-20-8-3-9-21-37)30-41(29-38)51-46-26-24-35-18-10-12-22-42(35)48(46)49-43-23-13-11-19-36(43)25-27-47(49)51;1-3-13-31(14-4-1)36-28-41(34-17-5-2-6-18-34)48-42(29-36)37-27-35-19-9-10-20-38(35)45(30-37)49-43-25-23-32-15-7-11-21-39(32)46(43)47-40-22-12-8-16-33(40)24-26-44(47)49;1-3-13-31(14-4-1)35-29-41(34-17-5-2-6-18-34)48-42(30-35)39-25-28-43(40-22-12-11-21-38(39)40)49-44-26-23-32-15-7-9-19-36(32)46(44)47-37-20-10-8-16-33(37)24-27-45(47)49/h1-32H;2*1-30H. The van der Waals surface area contributed by atoms with E-state index in [0.717, 1.165) is 107 Å². The SMILES string of the molecule is c1ccc(-c2cc(-c3cc(-c4ccccc4)cc(-c4ccccc4)n3)cc(-n3c4ccc5ccccc5c4c4c5ccccc5ccc43)c2)cc1.c1ccc(-c2cc(-c3ccccc3)nc(-c3cc(-n4c5ccc6ccccc6c5c5c6ccccc6ccc54)c4ccccc4c3)c2)cc1.c1ccc(-c2cc(-c3ccccc3)nc(-c3ccc(-n4c5ccc6ccccc6c5c5c6ccccc6ccc54)c4ccccc34)c2)cc1. The molecule has 6 nitrogen and oxygen atoms in total. The van der Waals surface area contributed by atoms with Crippen molar-refractivity contribution in [2.24, 2.45) is 0 Å². The molecule has 694 valence electrons. The lowest BCUT2D eigenvalue weighted by atomic mass is 9.96. The average Bonchev–Trinajstić information content (AvgIpc) is 1.54. The van der Waals surface area contributed by atoms with Gasteiger partial charge in [0, 0.05) is 82.2 Å². The van der Waals surface area contributed by atoms with Gasteiger partial charge in [0.05, 0.1) is 78.6 Å². The van der Waals surface area contributed by atoms with Crippen LogP contribution in [0, 0.1) is 0 Å². The molecule has 0 aliphatic heterocycles. The predicted octanol–water partition coefficient (Wildman–Crippen LogP) is 38.4. The van der Waals surface area contributed by atoms with Crippen LogP contribution < -0.4 is 0 Å². The van der Waals surface area contributed by atoms with E-state index in [1.54, 1.807) is 0 Å². The Balaban J connectivity index is 0.000000108. The number of rotatable bonds is 13. The van der Waals surface area contributed by atoms with Crippen molar-refractivity contribution in [2.45, 2.75) is 0 Å². The summed E-state index contributed by atoms with van der Waals surface area (Å²) in [7, 11) is 0. The lowest BCUT2D eigenvalue weighted by molar-refractivity contribution is 1.18. The van der Waals surface area contributed by atoms with Gasteiger partial charge in [0.1, 0.15) is 0 Å². The monoisotopic (exact) mass is 1890 g/mol. The molecule has 6 heteroatoms. The van der Waals surface area contributed by atoms with Crippen LogP contribution in [-0.4, -0.2) is 28.7 Å². The van der Waals surface area contributed by atoms with Gasteiger partial charge in [0.2, 0.25) is 0 Å². The molecule has 0 fully saturated rings. The zero-order valence-corrected chi connectivity index (χ0v) is 81.3. The Hall–Kier alpha value is -19.8. The lowest BCUT2D eigenvalue weighted by Gasteiger charge is -2.16. The molecule has 0 aliphatic rings. The highest BCUT2D eigenvalue weighted by molar-refractivity contribution is 6.32. The molecule has 30 rings (SSSR count). The van der Waals surface area contributed by atoms with E-state index in [9.17, 15) is 0 Å². The highest BCUT2D eigenvalue weighted by Crippen LogP contribution is 2.50. The number of nitrogens with zero attached hydrogens (tertiary/aromatic N) is 6. The Kier molecular flexibility index (Phi) is 21.5. The zero-order valence-electron chi connectivity index (χ0n) is 81.3. The zero-order chi connectivity index (χ0) is 98.4. The molecule has 30 aromatic rings. The van der Waals surface area contributed by atoms with Gasteiger partial charge >= 0.3 is 0 Å². The largest absolute Gasteiger partial charge is 0.309 e. The molecular formula is C143H92N6. The highest BCUT2D eigenvalue weighted by atomic mass is 15.0. The second-order valence-corrected chi connectivity index (χ2v) is 38.7. The maximum atomic E-state index is 5.35. The molecule has 0 N–H and O–H groups in total. The third-order valence-corrected chi connectivity index (χ3v) is 30.0. The molecule has 0 amide bonds. The molecular weight excluding hydrogens is 1800 g/mol. The Morgan fingerprint density at radius 2 is 0.356 bits per heavy atom. The van der Waals surface area contributed by atoms with E-state index in [1.807, 2.05) is 0 Å². The molecule has 0 spiro atoms. The fourth-order valence-electron chi connectivity index (χ4n) is 23.1. The van der Waals surface area contributed by atoms with Gasteiger partial charge in [-0.3, -0.25) is 0 Å². The maximum Gasteiger partial charge on any atom is 0.0721 e. The van der Waals surface area contributed by atoms with Crippen LogP contribution in [0.5, 0.6) is 0 Å². The molecule has 24 aromatic carbocycles. The minimum Gasteiger partial charge on any atom is -0.309 e. The predicted molar refractivity (Wildman–Crippen MR) is 630 cm³/mol. The van der Waals surface area contributed by atoms with Crippen molar-refractivity contribution in [1.82, 2.24) is 28.7 Å². The first kappa shape index (κ1) is 87.0. The summed E-state index contributed by atoms with van der Waals surface area (Å²) in [4.78, 5) is 16.0. The number of pyridine rings is 3. The van der Waals surface area contributed by atoms with Gasteiger partial charge in [-0.05, 0) is 229 Å². The van der Waals surface area contributed by atoms with Crippen molar-refractivity contribution in [3.63, 3.8) is 0 Å². The van der Waals surface area contributed by atoms with E-state index < -0.39 is 0 Å². The Bertz CT molecular complexity index is 10100. The first-order valence-electron chi connectivity index (χ1n) is 51.1. The molecule has 0 radical (unpaired) electrons. The van der Waals surface area contributed by atoms with Gasteiger partial charge in [-0.15, -0.1) is 0 Å². The van der Waals surface area contributed by atoms with Crippen LogP contribution in [0.4, 0.5) is 0 Å². The van der Waals surface area contributed by atoms with Crippen LogP contribution in [0.15, 0.2) is 558 Å². The first-order valence-corrected chi connectivity index (χ1v) is 51.1. The van der Waals surface area contributed by atoms with Crippen LogP contribution in [0.3, 0.4) is 0 Å². The maximum absolute atomic E-state index is 5.35. The summed E-state index contributed by atoms with van der Waals surface area (Å²) in [5.41, 5.74) is 32.1. The van der Waals surface area contributed by atoms with Crippen molar-refractivity contribution in [3.8, 4) is 129 Å².